The summed E-state index contributed by atoms with van der Waals surface area (Å²) >= 11 is 4.95. The Labute approximate surface area is 111 Å². The monoisotopic (exact) mass is 315 g/mol. The van der Waals surface area contributed by atoms with E-state index in [2.05, 4.69) is 21.2 Å². The van der Waals surface area contributed by atoms with Crippen molar-refractivity contribution in [1.29, 1.82) is 0 Å². The maximum absolute atomic E-state index is 12.8. The van der Waals surface area contributed by atoms with Crippen LogP contribution in [-0.4, -0.2) is 11.7 Å². The van der Waals surface area contributed by atoms with Gasteiger partial charge in [-0.3, -0.25) is 0 Å². The molecule has 1 heterocycles. The Morgan fingerprint density at radius 1 is 1.24 bits per heavy atom. The number of rotatable bonds is 4. The Balaban J connectivity index is 2.12. The summed E-state index contributed by atoms with van der Waals surface area (Å²) < 4.78 is 13.8. The Bertz CT molecular complexity index is 486. The number of halogens is 2. The Morgan fingerprint density at radius 2 is 1.94 bits per heavy atom. The Hall–Kier alpha value is -0.910. The zero-order valence-corrected chi connectivity index (χ0v) is 11.3. The molecule has 0 spiro atoms. The molecule has 0 bridgehead atoms. The number of hydrogen-bond donors (Lipinski definition) is 2. The van der Waals surface area contributed by atoms with E-state index in [0.717, 1.165) is 14.4 Å². The van der Waals surface area contributed by atoms with E-state index < -0.39 is 0 Å². The van der Waals surface area contributed by atoms with Gasteiger partial charge >= 0.3 is 0 Å². The lowest BCUT2D eigenvalue weighted by atomic mass is 10.2. The van der Waals surface area contributed by atoms with E-state index in [1.54, 1.807) is 23.5 Å². The normalized spacial score (nSPS) is 12.4. The molecule has 0 saturated heterocycles. The van der Waals surface area contributed by atoms with Gasteiger partial charge in [0.05, 0.1) is 16.4 Å². The van der Waals surface area contributed by atoms with Crippen molar-refractivity contribution >= 4 is 33.0 Å². The van der Waals surface area contributed by atoms with Gasteiger partial charge in [0.25, 0.3) is 0 Å². The summed E-state index contributed by atoms with van der Waals surface area (Å²) in [5, 5.41) is 12.5. The second kappa shape index (κ2) is 5.62. The van der Waals surface area contributed by atoms with E-state index in [1.165, 1.54) is 12.1 Å². The first-order chi connectivity index (χ1) is 8.19. The first kappa shape index (κ1) is 12.5. The average Bonchev–Trinajstić information content (AvgIpc) is 2.75. The van der Waals surface area contributed by atoms with Crippen LogP contribution in [0.1, 0.15) is 10.9 Å². The van der Waals surface area contributed by atoms with Crippen LogP contribution in [-0.2, 0) is 0 Å². The van der Waals surface area contributed by atoms with Crippen LogP contribution in [0.5, 0.6) is 0 Å². The molecule has 2 N–H and O–H groups in total. The van der Waals surface area contributed by atoms with Gasteiger partial charge in [-0.2, -0.15) is 0 Å². The second-order valence-electron chi connectivity index (χ2n) is 3.53. The molecule has 0 aliphatic rings. The molecule has 0 amide bonds. The van der Waals surface area contributed by atoms with Crippen LogP contribution in [0.2, 0.25) is 0 Å². The fourth-order valence-corrected chi connectivity index (χ4v) is 2.94. The molecule has 0 aliphatic heterocycles. The molecule has 1 aromatic heterocycles. The fraction of sp³-hybridized carbons (Fsp3) is 0.167. The van der Waals surface area contributed by atoms with Crippen molar-refractivity contribution in [2.24, 2.45) is 0 Å². The summed E-state index contributed by atoms with van der Waals surface area (Å²) in [6, 6.07) is 9.81. The summed E-state index contributed by atoms with van der Waals surface area (Å²) in [5.41, 5.74) is 0.787. The molecule has 0 radical (unpaired) electrons. The standard InChI is InChI=1S/C12H11BrFNOS/c13-12-6-5-11(17-12)10(7-16)15-9-3-1-8(14)2-4-9/h1-6,10,15-16H,7H2. The number of anilines is 1. The smallest absolute Gasteiger partial charge is 0.123 e. The molecule has 2 aromatic rings. The Morgan fingerprint density at radius 3 is 2.47 bits per heavy atom. The molecule has 1 aromatic carbocycles. The maximum Gasteiger partial charge on any atom is 0.123 e. The SMILES string of the molecule is OCC(Nc1ccc(F)cc1)c1ccc(Br)s1. The molecule has 17 heavy (non-hydrogen) atoms. The summed E-state index contributed by atoms with van der Waals surface area (Å²) in [5.74, 6) is -0.269. The van der Waals surface area contributed by atoms with E-state index in [0.29, 0.717) is 0 Å². The highest BCUT2D eigenvalue weighted by molar-refractivity contribution is 9.11. The highest BCUT2D eigenvalue weighted by Crippen LogP contribution is 2.29. The van der Waals surface area contributed by atoms with Crippen molar-refractivity contribution in [2.45, 2.75) is 6.04 Å². The first-order valence-electron chi connectivity index (χ1n) is 5.07. The zero-order valence-electron chi connectivity index (χ0n) is 8.86. The summed E-state index contributed by atoms with van der Waals surface area (Å²) in [4.78, 5) is 1.03. The maximum atomic E-state index is 12.8. The van der Waals surface area contributed by atoms with E-state index in [-0.39, 0.29) is 18.5 Å². The number of hydrogen-bond acceptors (Lipinski definition) is 3. The first-order valence-corrected chi connectivity index (χ1v) is 6.68. The summed E-state index contributed by atoms with van der Waals surface area (Å²) in [6.45, 7) is -0.00959. The predicted molar refractivity (Wildman–Crippen MR) is 71.9 cm³/mol. The van der Waals surface area contributed by atoms with Crippen LogP contribution in [0.4, 0.5) is 10.1 Å². The topological polar surface area (TPSA) is 32.3 Å². The quantitative estimate of drug-likeness (QED) is 0.899. The molecular formula is C12H11BrFNOS. The highest BCUT2D eigenvalue weighted by Gasteiger charge is 2.12. The van der Waals surface area contributed by atoms with Gasteiger partial charge in [0.2, 0.25) is 0 Å². The average molecular weight is 316 g/mol. The van der Waals surface area contributed by atoms with E-state index in [4.69, 9.17) is 0 Å². The van der Waals surface area contributed by atoms with Crippen molar-refractivity contribution in [3.8, 4) is 0 Å². The van der Waals surface area contributed by atoms with Gasteiger partial charge < -0.3 is 10.4 Å². The van der Waals surface area contributed by atoms with Gasteiger partial charge in [-0.05, 0) is 52.3 Å². The molecule has 0 fully saturated rings. The van der Waals surface area contributed by atoms with Gasteiger partial charge in [0.15, 0.2) is 0 Å². The third kappa shape index (κ3) is 3.28. The zero-order chi connectivity index (χ0) is 12.3. The van der Waals surface area contributed by atoms with Gasteiger partial charge in [-0.15, -0.1) is 11.3 Å². The molecule has 2 rings (SSSR count). The minimum atomic E-state index is -0.269. The van der Waals surface area contributed by atoms with Crippen molar-refractivity contribution in [3.63, 3.8) is 0 Å². The highest BCUT2D eigenvalue weighted by atomic mass is 79.9. The van der Waals surface area contributed by atoms with Crippen LogP contribution in [0.25, 0.3) is 0 Å². The fourth-order valence-electron chi connectivity index (χ4n) is 1.47. The van der Waals surface area contributed by atoms with Crippen LogP contribution in [0.15, 0.2) is 40.2 Å². The van der Waals surface area contributed by atoms with Crippen LogP contribution >= 0.6 is 27.3 Å². The second-order valence-corrected chi connectivity index (χ2v) is 6.02. The molecule has 90 valence electrons. The molecule has 1 atom stereocenters. The number of thiophene rings is 1. The van der Waals surface area contributed by atoms with E-state index >= 15 is 0 Å². The number of benzene rings is 1. The molecule has 0 aliphatic carbocycles. The predicted octanol–water partition coefficient (Wildman–Crippen LogP) is 3.80. The van der Waals surface area contributed by atoms with Gasteiger partial charge in [-0.25, -0.2) is 4.39 Å². The molecular weight excluding hydrogens is 305 g/mol. The van der Waals surface area contributed by atoms with Crippen molar-refractivity contribution in [2.75, 3.05) is 11.9 Å². The number of nitrogens with one attached hydrogen (secondary N) is 1. The van der Waals surface area contributed by atoms with Crippen molar-refractivity contribution < 1.29 is 9.50 Å². The summed E-state index contributed by atoms with van der Waals surface area (Å²) in [7, 11) is 0. The van der Waals surface area contributed by atoms with Crippen LogP contribution in [0, 0.1) is 5.82 Å². The lowest BCUT2D eigenvalue weighted by molar-refractivity contribution is 0.278. The van der Waals surface area contributed by atoms with Gasteiger partial charge in [0.1, 0.15) is 5.82 Å². The number of aliphatic hydroxyl groups is 1. The van der Waals surface area contributed by atoms with E-state index in [1.807, 2.05) is 12.1 Å². The lowest BCUT2D eigenvalue weighted by Crippen LogP contribution is -2.13. The van der Waals surface area contributed by atoms with Gasteiger partial charge in [-0.1, -0.05) is 0 Å². The largest absolute Gasteiger partial charge is 0.394 e. The lowest BCUT2D eigenvalue weighted by Gasteiger charge is -2.16. The minimum absolute atomic E-state index is 0.00959. The van der Waals surface area contributed by atoms with E-state index in [9.17, 15) is 9.50 Å². The number of aliphatic hydroxyl groups excluding tert-OH is 1. The molecule has 0 saturated carbocycles. The third-order valence-corrected chi connectivity index (χ3v) is 4.04. The van der Waals surface area contributed by atoms with Gasteiger partial charge in [0, 0.05) is 10.6 Å². The van der Waals surface area contributed by atoms with Crippen LogP contribution < -0.4 is 5.32 Å². The molecule has 2 nitrogen and oxygen atoms in total. The van der Waals surface area contributed by atoms with Crippen LogP contribution in [0.3, 0.4) is 0 Å². The van der Waals surface area contributed by atoms with Crippen molar-refractivity contribution in [1.82, 2.24) is 0 Å². The minimum Gasteiger partial charge on any atom is -0.394 e. The molecule has 5 heteroatoms. The molecule has 1 unspecified atom stereocenters. The Kier molecular flexibility index (Phi) is 4.15. The van der Waals surface area contributed by atoms with Crippen molar-refractivity contribution in [3.05, 3.63) is 50.9 Å². The third-order valence-electron chi connectivity index (χ3n) is 2.31. The summed E-state index contributed by atoms with van der Waals surface area (Å²) in [6.07, 6.45) is 0.